The lowest BCUT2D eigenvalue weighted by Gasteiger charge is -2.14. The van der Waals surface area contributed by atoms with Gasteiger partial charge in [0.1, 0.15) is 11.3 Å². The van der Waals surface area contributed by atoms with Crippen LogP contribution >= 0.6 is 0 Å². The summed E-state index contributed by atoms with van der Waals surface area (Å²) < 4.78 is 10.8. The molecule has 6 heteroatoms. The second-order valence-electron chi connectivity index (χ2n) is 5.11. The number of benzene rings is 1. The molecule has 0 aliphatic heterocycles. The molecule has 0 aliphatic carbocycles. The van der Waals surface area contributed by atoms with Crippen molar-refractivity contribution in [3.8, 4) is 11.6 Å². The topological polar surface area (TPSA) is 77.5 Å². The minimum absolute atomic E-state index is 0.134. The number of rotatable bonds is 7. The third-order valence-corrected chi connectivity index (χ3v) is 3.15. The average molecular weight is 328 g/mol. The Morgan fingerprint density at radius 1 is 1.17 bits per heavy atom. The van der Waals surface area contributed by atoms with Crippen LogP contribution in [0.3, 0.4) is 0 Å². The van der Waals surface area contributed by atoms with E-state index in [2.05, 4.69) is 10.3 Å². The third kappa shape index (κ3) is 4.81. The molecule has 2 aromatic rings. The van der Waals surface area contributed by atoms with E-state index in [4.69, 9.17) is 9.47 Å². The number of nitrogens with zero attached hydrogens (tertiary/aromatic N) is 1. The number of para-hydroxylation sites is 1. The maximum absolute atomic E-state index is 12.3. The summed E-state index contributed by atoms with van der Waals surface area (Å²) in [6.07, 6.45) is 1.44. The van der Waals surface area contributed by atoms with Gasteiger partial charge in [0.2, 0.25) is 5.88 Å². The monoisotopic (exact) mass is 328 g/mol. The van der Waals surface area contributed by atoms with Crippen LogP contribution in [0.1, 0.15) is 30.6 Å². The number of pyridine rings is 1. The Hall–Kier alpha value is -2.89. The molecule has 0 saturated carbocycles. The predicted octanol–water partition coefficient (Wildman–Crippen LogP) is 2.95. The minimum Gasteiger partial charge on any atom is -0.449 e. The molecule has 1 aromatic carbocycles. The van der Waals surface area contributed by atoms with Crippen LogP contribution in [-0.4, -0.2) is 29.5 Å². The largest absolute Gasteiger partial charge is 0.449 e. The predicted molar refractivity (Wildman–Crippen MR) is 88.9 cm³/mol. The number of hydrogen-bond donors (Lipinski definition) is 1. The molecule has 1 atom stereocenters. The Kier molecular flexibility index (Phi) is 6.31. The van der Waals surface area contributed by atoms with Gasteiger partial charge in [-0.2, -0.15) is 0 Å². The Morgan fingerprint density at radius 3 is 2.62 bits per heavy atom. The van der Waals surface area contributed by atoms with E-state index in [9.17, 15) is 9.59 Å². The Balaban J connectivity index is 2.08. The number of nitrogens with one attached hydrogen (secondary N) is 1. The molecule has 0 fully saturated rings. The van der Waals surface area contributed by atoms with Crippen molar-refractivity contribution in [1.82, 2.24) is 10.3 Å². The van der Waals surface area contributed by atoms with Gasteiger partial charge in [-0.3, -0.25) is 4.79 Å². The molecule has 0 saturated heterocycles. The first-order chi connectivity index (χ1) is 11.6. The van der Waals surface area contributed by atoms with Gasteiger partial charge in [0.05, 0.1) is 0 Å². The summed E-state index contributed by atoms with van der Waals surface area (Å²) in [6.45, 7) is 4.01. The molecular weight excluding hydrogens is 308 g/mol. The van der Waals surface area contributed by atoms with Gasteiger partial charge in [-0.25, -0.2) is 9.78 Å². The molecule has 0 bridgehead atoms. The van der Waals surface area contributed by atoms with Crippen LogP contribution < -0.4 is 10.1 Å². The third-order valence-electron chi connectivity index (χ3n) is 3.15. The van der Waals surface area contributed by atoms with Crippen LogP contribution in [0.4, 0.5) is 0 Å². The average Bonchev–Trinajstić information content (AvgIpc) is 2.60. The van der Waals surface area contributed by atoms with Gasteiger partial charge < -0.3 is 14.8 Å². The van der Waals surface area contributed by atoms with Gasteiger partial charge in [0.15, 0.2) is 6.10 Å². The molecule has 6 nitrogen and oxygen atoms in total. The fraction of sp³-hybridized carbons (Fsp3) is 0.278. The quantitative estimate of drug-likeness (QED) is 0.791. The summed E-state index contributed by atoms with van der Waals surface area (Å²) in [4.78, 5) is 28.2. The zero-order valence-corrected chi connectivity index (χ0v) is 13.7. The number of carbonyl (C=O) groups is 2. The molecule has 1 heterocycles. The molecule has 0 spiro atoms. The second kappa shape index (κ2) is 8.67. The first-order valence-electron chi connectivity index (χ1n) is 7.78. The molecule has 1 unspecified atom stereocenters. The zero-order valence-electron chi connectivity index (χ0n) is 13.7. The highest BCUT2D eigenvalue weighted by Crippen LogP contribution is 2.23. The van der Waals surface area contributed by atoms with Crippen molar-refractivity contribution in [2.24, 2.45) is 0 Å². The Morgan fingerprint density at radius 2 is 1.92 bits per heavy atom. The van der Waals surface area contributed by atoms with Gasteiger partial charge in [-0.1, -0.05) is 25.1 Å². The fourth-order valence-corrected chi connectivity index (χ4v) is 1.90. The van der Waals surface area contributed by atoms with Gasteiger partial charge in [0.25, 0.3) is 5.91 Å². The zero-order chi connectivity index (χ0) is 17.4. The fourth-order valence-electron chi connectivity index (χ4n) is 1.90. The number of aromatic nitrogens is 1. The van der Waals surface area contributed by atoms with Crippen LogP contribution in [0.2, 0.25) is 0 Å². The smallest absolute Gasteiger partial charge is 0.344 e. The van der Waals surface area contributed by atoms with Crippen molar-refractivity contribution < 1.29 is 19.1 Å². The highest BCUT2D eigenvalue weighted by atomic mass is 16.6. The summed E-state index contributed by atoms with van der Waals surface area (Å²) >= 11 is 0. The number of hydrogen-bond acceptors (Lipinski definition) is 5. The summed E-state index contributed by atoms with van der Waals surface area (Å²) in [6, 6.07) is 12.2. The first kappa shape index (κ1) is 17.5. The Labute approximate surface area is 140 Å². The molecule has 1 aromatic heterocycles. The van der Waals surface area contributed by atoms with Gasteiger partial charge in [-0.05, 0) is 37.6 Å². The van der Waals surface area contributed by atoms with Crippen molar-refractivity contribution >= 4 is 11.9 Å². The van der Waals surface area contributed by atoms with Gasteiger partial charge in [-0.15, -0.1) is 0 Å². The van der Waals surface area contributed by atoms with Crippen LogP contribution in [0.25, 0.3) is 0 Å². The lowest BCUT2D eigenvalue weighted by Crippen LogP contribution is -2.36. The number of esters is 1. The maximum atomic E-state index is 12.3. The summed E-state index contributed by atoms with van der Waals surface area (Å²) in [5.74, 6) is -0.304. The van der Waals surface area contributed by atoms with E-state index < -0.39 is 12.1 Å². The van der Waals surface area contributed by atoms with Crippen molar-refractivity contribution in [2.45, 2.75) is 26.4 Å². The first-order valence-corrected chi connectivity index (χ1v) is 7.78. The molecule has 24 heavy (non-hydrogen) atoms. The van der Waals surface area contributed by atoms with Crippen molar-refractivity contribution in [3.05, 3.63) is 54.2 Å². The van der Waals surface area contributed by atoms with E-state index in [0.717, 1.165) is 6.42 Å². The van der Waals surface area contributed by atoms with Crippen molar-refractivity contribution in [3.63, 3.8) is 0 Å². The molecule has 2 rings (SSSR count). The van der Waals surface area contributed by atoms with Gasteiger partial charge >= 0.3 is 5.97 Å². The van der Waals surface area contributed by atoms with E-state index >= 15 is 0 Å². The van der Waals surface area contributed by atoms with Crippen LogP contribution in [-0.2, 0) is 9.53 Å². The molecular formula is C18H20N2O4. The number of ether oxygens (including phenoxy) is 2. The maximum Gasteiger partial charge on any atom is 0.344 e. The lowest BCUT2D eigenvalue weighted by molar-refractivity contribution is -0.129. The standard InChI is InChI=1S/C18H20N2O4/c1-3-11-19-16(21)13(2)23-18(22)15-10-7-12-20-17(15)24-14-8-5-4-6-9-14/h4-10,12-13H,3,11H2,1-2H3,(H,19,21). The highest BCUT2D eigenvalue weighted by molar-refractivity contribution is 5.94. The van der Waals surface area contributed by atoms with Crippen molar-refractivity contribution in [1.29, 1.82) is 0 Å². The summed E-state index contributed by atoms with van der Waals surface area (Å²) in [7, 11) is 0. The molecule has 0 aliphatic rings. The molecule has 126 valence electrons. The van der Waals surface area contributed by atoms with E-state index in [1.54, 1.807) is 24.3 Å². The van der Waals surface area contributed by atoms with E-state index in [1.807, 2.05) is 25.1 Å². The molecule has 1 N–H and O–H groups in total. The highest BCUT2D eigenvalue weighted by Gasteiger charge is 2.22. The summed E-state index contributed by atoms with van der Waals surface area (Å²) in [5, 5.41) is 2.68. The van der Waals surface area contributed by atoms with Crippen LogP contribution in [0, 0.1) is 0 Å². The number of carbonyl (C=O) groups excluding carboxylic acids is 2. The normalized spacial score (nSPS) is 11.4. The SMILES string of the molecule is CCCNC(=O)C(C)OC(=O)c1cccnc1Oc1ccccc1. The van der Waals surface area contributed by atoms with Crippen LogP contribution in [0.5, 0.6) is 11.6 Å². The second-order valence-corrected chi connectivity index (χ2v) is 5.11. The van der Waals surface area contributed by atoms with Gasteiger partial charge in [0, 0.05) is 12.7 Å². The minimum atomic E-state index is -0.895. The van der Waals surface area contributed by atoms with Crippen molar-refractivity contribution in [2.75, 3.05) is 6.54 Å². The van der Waals surface area contributed by atoms with Crippen LogP contribution in [0.15, 0.2) is 48.7 Å². The van der Waals surface area contributed by atoms with E-state index in [0.29, 0.717) is 12.3 Å². The number of amides is 1. The van der Waals surface area contributed by atoms with E-state index in [-0.39, 0.29) is 17.4 Å². The van der Waals surface area contributed by atoms with E-state index in [1.165, 1.54) is 13.1 Å². The Bertz CT molecular complexity index is 688. The molecule has 1 amide bonds. The molecule has 0 radical (unpaired) electrons. The summed E-state index contributed by atoms with van der Waals surface area (Å²) in [5.41, 5.74) is 0.163. The lowest BCUT2D eigenvalue weighted by atomic mass is 10.2.